The molecule has 0 spiro atoms. The van der Waals surface area contributed by atoms with Crippen LogP contribution in [0.1, 0.15) is 10.4 Å². The number of hydrogen-bond acceptors (Lipinski definition) is 4. The lowest BCUT2D eigenvalue weighted by Gasteiger charge is -2.10. The Kier molecular flexibility index (Phi) is 5.84. The van der Waals surface area contributed by atoms with Gasteiger partial charge in [0.25, 0.3) is 5.91 Å². The van der Waals surface area contributed by atoms with Crippen LogP contribution < -0.4 is 10.1 Å². The number of hydrogen-bond donors (Lipinski definition) is 1. The van der Waals surface area contributed by atoms with Crippen LogP contribution in [-0.2, 0) is 9.53 Å². The number of carbonyl (C=O) groups is 2. The smallest absolute Gasteiger partial charge is 0.341 e. The molecule has 0 aliphatic heterocycles. The van der Waals surface area contributed by atoms with E-state index in [1.54, 1.807) is 30.3 Å². The van der Waals surface area contributed by atoms with Gasteiger partial charge in [-0.2, -0.15) is 0 Å². The molecule has 1 N–H and O–H groups in total. The molecule has 0 atom stereocenters. The molecule has 0 aliphatic rings. The molecule has 2 aromatic carbocycles. The molecule has 1 amide bonds. The number of nitrogens with one attached hydrogen (secondary N) is 1. The third-order valence-electron chi connectivity index (χ3n) is 2.88. The quantitative estimate of drug-likeness (QED) is 0.830. The molecule has 0 aromatic heterocycles. The Morgan fingerprint density at radius 1 is 1.04 bits per heavy atom. The normalized spacial score (nSPS) is 10.0. The summed E-state index contributed by atoms with van der Waals surface area (Å²) in [7, 11) is 1.49. The van der Waals surface area contributed by atoms with Crippen molar-refractivity contribution < 1.29 is 19.1 Å². The zero-order valence-corrected chi connectivity index (χ0v) is 13.6. The first kappa shape index (κ1) is 17.1. The predicted octanol–water partition coefficient (Wildman–Crippen LogP) is 3.80. The number of ether oxygens (including phenoxy) is 2. The molecule has 120 valence electrons. The van der Waals surface area contributed by atoms with E-state index in [1.165, 1.54) is 19.2 Å². The van der Waals surface area contributed by atoms with Crippen LogP contribution in [0.5, 0.6) is 5.75 Å². The second-order valence-electron chi connectivity index (χ2n) is 4.42. The van der Waals surface area contributed by atoms with E-state index in [2.05, 4.69) is 5.32 Å². The standard InChI is InChI=1S/C16H13Cl2NO4/c1-22-13-8-3-2-7-12(13)19-14(20)9-23-16(21)15-10(17)5-4-6-11(15)18/h2-8H,9H2,1H3,(H,19,20). The minimum atomic E-state index is -0.768. The van der Waals surface area contributed by atoms with Crippen molar-refractivity contribution in [3.8, 4) is 5.75 Å². The highest BCUT2D eigenvalue weighted by Crippen LogP contribution is 2.25. The average Bonchev–Trinajstić information content (AvgIpc) is 2.53. The first-order valence-corrected chi connectivity index (χ1v) is 7.32. The van der Waals surface area contributed by atoms with Crippen LogP contribution in [0, 0.1) is 0 Å². The molecular formula is C16H13Cl2NO4. The lowest BCUT2D eigenvalue weighted by molar-refractivity contribution is -0.119. The van der Waals surface area contributed by atoms with Crippen molar-refractivity contribution in [3.05, 3.63) is 58.1 Å². The Labute approximate surface area is 143 Å². The second kappa shape index (κ2) is 7.85. The SMILES string of the molecule is COc1ccccc1NC(=O)COC(=O)c1c(Cl)cccc1Cl. The summed E-state index contributed by atoms with van der Waals surface area (Å²) >= 11 is 11.8. The fraction of sp³-hybridized carbons (Fsp3) is 0.125. The highest BCUT2D eigenvalue weighted by Gasteiger charge is 2.17. The largest absolute Gasteiger partial charge is 0.495 e. The van der Waals surface area contributed by atoms with Crippen molar-refractivity contribution in [3.63, 3.8) is 0 Å². The Bertz CT molecular complexity index is 714. The van der Waals surface area contributed by atoms with Gasteiger partial charge in [-0.25, -0.2) is 4.79 Å². The Morgan fingerprint density at radius 2 is 1.70 bits per heavy atom. The van der Waals surface area contributed by atoms with E-state index < -0.39 is 18.5 Å². The first-order chi connectivity index (χ1) is 11.0. The lowest BCUT2D eigenvalue weighted by atomic mass is 10.2. The maximum Gasteiger partial charge on any atom is 0.341 e. The van der Waals surface area contributed by atoms with Gasteiger partial charge in [0.05, 0.1) is 28.4 Å². The van der Waals surface area contributed by atoms with E-state index in [4.69, 9.17) is 32.7 Å². The van der Waals surface area contributed by atoms with Gasteiger partial charge in [0, 0.05) is 0 Å². The molecule has 7 heteroatoms. The van der Waals surface area contributed by atoms with Gasteiger partial charge in [-0.05, 0) is 24.3 Å². The third-order valence-corrected chi connectivity index (χ3v) is 3.51. The number of methoxy groups -OCH3 is 1. The van der Waals surface area contributed by atoms with Gasteiger partial charge in [-0.15, -0.1) is 0 Å². The number of rotatable bonds is 5. The molecule has 2 rings (SSSR count). The van der Waals surface area contributed by atoms with Crippen LogP contribution in [0.25, 0.3) is 0 Å². The van der Waals surface area contributed by atoms with E-state index >= 15 is 0 Å². The van der Waals surface area contributed by atoms with Crippen molar-refractivity contribution >= 4 is 40.8 Å². The predicted molar refractivity (Wildman–Crippen MR) is 88.4 cm³/mol. The molecule has 0 saturated heterocycles. The summed E-state index contributed by atoms with van der Waals surface area (Å²) in [6.45, 7) is -0.474. The van der Waals surface area contributed by atoms with Crippen molar-refractivity contribution in [2.24, 2.45) is 0 Å². The molecule has 0 aliphatic carbocycles. The van der Waals surface area contributed by atoms with E-state index in [0.29, 0.717) is 11.4 Å². The van der Waals surface area contributed by atoms with E-state index in [9.17, 15) is 9.59 Å². The summed E-state index contributed by atoms with van der Waals surface area (Å²) in [5.41, 5.74) is 0.507. The minimum Gasteiger partial charge on any atom is -0.495 e. The van der Waals surface area contributed by atoms with Gasteiger partial charge in [-0.3, -0.25) is 4.79 Å². The summed E-state index contributed by atoms with van der Waals surface area (Å²) in [5, 5.41) is 2.91. The molecule has 5 nitrogen and oxygen atoms in total. The molecular weight excluding hydrogens is 341 g/mol. The van der Waals surface area contributed by atoms with Crippen LogP contribution in [0.3, 0.4) is 0 Å². The van der Waals surface area contributed by atoms with Crippen LogP contribution in [0.4, 0.5) is 5.69 Å². The third kappa shape index (κ3) is 4.37. The van der Waals surface area contributed by atoms with Crippen LogP contribution in [-0.4, -0.2) is 25.6 Å². The van der Waals surface area contributed by atoms with Crippen molar-refractivity contribution in [1.82, 2.24) is 0 Å². The number of amides is 1. The number of benzene rings is 2. The first-order valence-electron chi connectivity index (χ1n) is 6.57. The second-order valence-corrected chi connectivity index (χ2v) is 5.24. The topological polar surface area (TPSA) is 64.6 Å². The summed E-state index contributed by atoms with van der Waals surface area (Å²) in [5.74, 6) is -0.775. The highest BCUT2D eigenvalue weighted by atomic mass is 35.5. The number of esters is 1. The molecule has 0 fully saturated rings. The fourth-order valence-electron chi connectivity index (χ4n) is 1.83. The van der Waals surface area contributed by atoms with E-state index in [1.807, 2.05) is 0 Å². The monoisotopic (exact) mass is 353 g/mol. The van der Waals surface area contributed by atoms with Crippen LogP contribution in [0.15, 0.2) is 42.5 Å². The zero-order valence-electron chi connectivity index (χ0n) is 12.1. The molecule has 0 unspecified atom stereocenters. The minimum absolute atomic E-state index is 0.0286. The van der Waals surface area contributed by atoms with E-state index in [0.717, 1.165) is 0 Å². The lowest BCUT2D eigenvalue weighted by Crippen LogP contribution is -2.21. The summed E-state index contributed by atoms with van der Waals surface area (Å²) < 4.78 is 10.1. The van der Waals surface area contributed by atoms with Gasteiger partial charge >= 0.3 is 5.97 Å². The Balaban J connectivity index is 1.98. The Hall–Kier alpha value is -2.24. The van der Waals surface area contributed by atoms with Gasteiger partial charge in [0.15, 0.2) is 6.61 Å². The zero-order chi connectivity index (χ0) is 16.8. The van der Waals surface area contributed by atoms with Crippen LogP contribution >= 0.6 is 23.2 Å². The Morgan fingerprint density at radius 3 is 2.35 bits per heavy atom. The van der Waals surface area contributed by atoms with Crippen molar-refractivity contribution in [2.45, 2.75) is 0 Å². The van der Waals surface area contributed by atoms with Gasteiger partial charge < -0.3 is 14.8 Å². The van der Waals surface area contributed by atoms with Crippen LogP contribution in [0.2, 0.25) is 10.0 Å². The molecule has 0 saturated carbocycles. The summed E-state index contributed by atoms with van der Waals surface area (Å²) in [6.07, 6.45) is 0. The number of para-hydroxylation sites is 2. The summed E-state index contributed by atoms with van der Waals surface area (Å²) in [4.78, 5) is 23.8. The average molecular weight is 354 g/mol. The molecule has 23 heavy (non-hydrogen) atoms. The number of halogens is 2. The molecule has 2 aromatic rings. The maximum absolute atomic E-state index is 12.0. The highest BCUT2D eigenvalue weighted by molar-refractivity contribution is 6.39. The number of anilines is 1. The molecule has 0 bridgehead atoms. The molecule has 0 heterocycles. The number of carbonyl (C=O) groups excluding carboxylic acids is 2. The van der Waals surface area contributed by atoms with Gasteiger partial charge in [0.1, 0.15) is 5.75 Å². The fourth-order valence-corrected chi connectivity index (χ4v) is 2.38. The van der Waals surface area contributed by atoms with Crippen molar-refractivity contribution in [1.29, 1.82) is 0 Å². The molecule has 0 radical (unpaired) electrons. The summed E-state index contributed by atoms with van der Waals surface area (Å²) in [6, 6.07) is 11.5. The van der Waals surface area contributed by atoms with Gasteiger partial charge in [-0.1, -0.05) is 41.4 Å². The van der Waals surface area contributed by atoms with Crippen molar-refractivity contribution in [2.75, 3.05) is 19.0 Å². The van der Waals surface area contributed by atoms with Gasteiger partial charge in [0.2, 0.25) is 0 Å². The van der Waals surface area contributed by atoms with E-state index in [-0.39, 0.29) is 15.6 Å². The maximum atomic E-state index is 12.0.